The number of carbonyl (C=O) groups excluding carboxylic acids is 7. The van der Waals surface area contributed by atoms with E-state index < -0.39 is 37.0 Å². The molecule has 1 aromatic rings. The van der Waals surface area contributed by atoms with E-state index in [-0.39, 0.29) is 105 Å². The van der Waals surface area contributed by atoms with Gasteiger partial charge in [0.2, 0.25) is 29.5 Å². The van der Waals surface area contributed by atoms with Gasteiger partial charge in [-0.25, -0.2) is 4.57 Å². The van der Waals surface area contributed by atoms with E-state index in [1.807, 2.05) is 0 Å². The van der Waals surface area contributed by atoms with Crippen molar-refractivity contribution in [3.05, 3.63) is 29.3 Å². The molecule has 0 aliphatic carbocycles. The Kier molecular flexibility index (Phi) is 30.0. The first-order chi connectivity index (χ1) is 32.1. The van der Waals surface area contributed by atoms with Gasteiger partial charge in [0.25, 0.3) is 11.8 Å². The first-order valence-corrected chi connectivity index (χ1v) is 25.7. The number of ether oxygens (including phenoxy) is 1. The normalized spacial score (nSPS) is 15.4. The van der Waals surface area contributed by atoms with Crippen LogP contribution in [0.3, 0.4) is 0 Å². The highest BCUT2D eigenvalue weighted by Crippen LogP contribution is 2.42. The standard InChI is InChI=1S/C43H75N10O12PS/c1-63-66(61,62)65-24-11-2-3-12-26-67-36-30-38(55)53(43(36)60)23-10-4-5-15-37(54)48-22-25-64-33-28-31(39(56)49-18-20-51-41(58)34(46)13-6-8-16-44)27-32(29-33)40(57)50-19-21-52-42(59)35(47)14-7-9-17-45/h27-29,34-36H,2-26,30,44-47H2,1H3,(H,48,54)(H,49,56)(H,50,57)(H,51,58)(H,52,59)(H,61,62)/t34-,35-,36?/m0/s1. The van der Waals surface area contributed by atoms with Gasteiger partial charge in [0.05, 0.1) is 30.5 Å². The highest BCUT2D eigenvalue weighted by molar-refractivity contribution is 8.00. The van der Waals surface area contributed by atoms with Gasteiger partial charge in [-0.1, -0.05) is 32.1 Å². The molecule has 7 amide bonds. The monoisotopic (exact) mass is 987 g/mol. The van der Waals surface area contributed by atoms with Gasteiger partial charge in [0.1, 0.15) is 12.4 Å². The Balaban J connectivity index is 1.80. The molecule has 24 heteroatoms. The van der Waals surface area contributed by atoms with Gasteiger partial charge in [0.15, 0.2) is 0 Å². The van der Waals surface area contributed by atoms with Crippen LogP contribution in [0.1, 0.15) is 117 Å². The number of thioether (sulfide) groups is 1. The van der Waals surface area contributed by atoms with Gasteiger partial charge in [-0.3, -0.25) is 47.5 Å². The summed E-state index contributed by atoms with van der Waals surface area (Å²) in [6.07, 6.45) is 9.13. The number of nitrogens with two attached hydrogens (primary N) is 4. The number of carbonyl (C=O) groups is 7. The van der Waals surface area contributed by atoms with Gasteiger partial charge >= 0.3 is 7.82 Å². The predicted octanol–water partition coefficient (Wildman–Crippen LogP) is 0.531. The zero-order chi connectivity index (χ0) is 49.5. The number of unbranched alkanes of at least 4 members (excludes halogenated alkanes) is 7. The number of likely N-dealkylation sites (tertiary alicyclic amines) is 1. The highest BCUT2D eigenvalue weighted by atomic mass is 32.2. The fourth-order valence-corrected chi connectivity index (χ4v) is 8.28. The van der Waals surface area contributed by atoms with Crippen LogP contribution < -0.4 is 54.3 Å². The molecule has 1 heterocycles. The van der Waals surface area contributed by atoms with Crippen molar-refractivity contribution in [2.24, 2.45) is 22.9 Å². The molecule has 0 saturated carbocycles. The summed E-state index contributed by atoms with van der Waals surface area (Å²) in [4.78, 5) is 99.5. The molecular weight excluding hydrogens is 912 g/mol. The Morgan fingerprint density at radius 3 is 1.85 bits per heavy atom. The van der Waals surface area contributed by atoms with Crippen LogP contribution in [0.2, 0.25) is 0 Å². The number of nitrogens with one attached hydrogen (secondary N) is 5. The summed E-state index contributed by atoms with van der Waals surface area (Å²) in [5, 5.41) is 13.2. The van der Waals surface area contributed by atoms with E-state index in [9.17, 15) is 43.0 Å². The molecule has 0 spiro atoms. The minimum atomic E-state index is -3.96. The van der Waals surface area contributed by atoms with Crippen LogP contribution in [-0.4, -0.2) is 147 Å². The second kappa shape index (κ2) is 34.2. The van der Waals surface area contributed by atoms with Crippen molar-refractivity contribution >= 4 is 60.9 Å². The second-order valence-corrected chi connectivity index (χ2v) is 18.8. The van der Waals surface area contributed by atoms with Crippen LogP contribution in [0.25, 0.3) is 0 Å². The van der Waals surface area contributed by atoms with Crippen LogP contribution in [0.4, 0.5) is 0 Å². The van der Waals surface area contributed by atoms with E-state index in [1.54, 1.807) is 0 Å². The molecule has 1 fully saturated rings. The smallest absolute Gasteiger partial charge is 0.471 e. The topological polar surface area (TPSA) is 352 Å². The number of benzene rings is 1. The van der Waals surface area contributed by atoms with E-state index in [0.717, 1.165) is 52.1 Å². The lowest BCUT2D eigenvalue weighted by Gasteiger charge is -2.15. The first-order valence-electron chi connectivity index (χ1n) is 23.2. The van der Waals surface area contributed by atoms with Crippen molar-refractivity contribution in [3.8, 4) is 5.75 Å². The van der Waals surface area contributed by atoms with E-state index >= 15 is 0 Å². The number of phosphoric acid groups is 1. The third-order valence-electron chi connectivity index (χ3n) is 10.5. The molecule has 0 bridgehead atoms. The molecule has 22 nitrogen and oxygen atoms in total. The number of amides is 7. The Labute approximate surface area is 398 Å². The van der Waals surface area contributed by atoms with Crippen molar-refractivity contribution in [1.82, 2.24) is 31.5 Å². The molecule has 0 radical (unpaired) electrons. The maximum atomic E-state index is 13.2. The van der Waals surface area contributed by atoms with E-state index in [4.69, 9.17) is 32.2 Å². The lowest BCUT2D eigenvalue weighted by molar-refractivity contribution is -0.138. The first kappa shape index (κ1) is 58.9. The third-order valence-corrected chi connectivity index (χ3v) is 12.8. The van der Waals surface area contributed by atoms with Crippen molar-refractivity contribution in [2.45, 2.75) is 114 Å². The average Bonchev–Trinajstić information content (AvgIpc) is 3.58. The van der Waals surface area contributed by atoms with Gasteiger partial charge in [-0.05, 0) is 88.4 Å². The molecule has 1 aromatic carbocycles. The Morgan fingerprint density at radius 1 is 0.731 bits per heavy atom. The number of phosphoric ester groups is 1. The summed E-state index contributed by atoms with van der Waals surface area (Å²) < 4.78 is 26.3. The number of hydrogen-bond donors (Lipinski definition) is 10. The van der Waals surface area contributed by atoms with Crippen LogP contribution in [-0.2, 0) is 37.6 Å². The summed E-state index contributed by atoms with van der Waals surface area (Å²) in [6.45, 7) is 1.98. The lowest BCUT2D eigenvalue weighted by Crippen LogP contribution is -2.43. The number of imide groups is 1. The molecule has 14 N–H and O–H groups in total. The maximum absolute atomic E-state index is 13.2. The molecule has 1 saturated heterocycles. The van der Waals surface area contributed by atoms with Crippen LogP contribution in [0, 0.1) is 0 Å². The SMILES string of the molecule is COP(=O)(O)OCCCCCCSC1CC(=O)N(CCCCCC(=O)NCCOc2cc(C(=O)NCCNC(=O)[C@@H](N)CCCCN)cc(C(=O)NCCNC(=O)[C@@H](N)CCCCN)c2)C1=O. The van der Waals surface area contributed by atoms with Crippen LogP contribution in [0.15, 0.2) is 18.2 Å². The average molecular weight is 987 g/mol. The molecule has 380 valence electrons. The van der Waals surface area contributed by atoms with Gasteiger partial charge in [-0.15, -0.1) is 11.8 Å². The fraction of sp³-hybridized carbons (Fsp3) is 0.698. The quantitative estimate of drug-likeness (QED) is 0.0245. The number of nitrogens with zero attached hydrogens (tertiary/aromatic N) is 1. The minimum absolute atomic E-state index is 0.0178. The second-order valence-electron chi connectivity index (χ2n) is 16.0. The van der Waals surface area contributed by atoms with Gasteiger partial charge < -0.3 is 59.1 Å². The summed E-state index contributed by atoms with van der Waals surface area (Å²) in [7, 11) is -2.85. The minimum Gasteiger partial charge on any atom is -0.492 e. The van der Waals surface area contributed by atoms with Crippen molar-refractivity contribution in [1.29, 1.82) is 0 Å². The Hall–Kier alpha value is -4.19. The zero-order valence-corrected chi connectivity index (χ0v) is 40.6. The molecule has 4 atom stereocenters. The fourth-order valence-electron chi connectivity index (χ4n) is 6.63. The summed E-state index contributed by atoms with van der Waals surface area (Å²) in [5.74, 6) is -1.45. The molecule has 1 aliphatic heterocycles. The number of hydrogen-bond acceptors (Lipinski definition) is 16. The zero-order valence-electron chi connectivity index (χ0n) is 38.9. The van der Waals surface area contributed by atoms with E-state index in [2.05, 4.69) is 31.1 Å². The summed E-state index contributed by atoms with van der Waals surface area (Å²) >= 11 is 1.46. The Morgan fingerprint density at radius 2 is 1.28 bits per heavy atom. The maximum Gasteiger partial charge on any atom is 0.471 e. The third kappa shape index (κ3) is 25.1. The molecule has 1 aliphatic rings. The van der Waals surface area contributed by atoms with Crippen molar-refractivity contribution < 1.29 is 56.8 Å². The highest BCUT2D eigenvalue weighted by Gasteiger charge is 2.38. The predicted molar refractivity (Wildman–Crippen MR) is 255 cm³/mol. The summed E-state index contributed by atoms with van der Waals surface area (Å²) in [5.41, 5.74) is 23.1. The molecule has 2 rings (SSSR count). The van der Waals surface area contributed by atoms with Crippen molar-refractivity contribution in [2.75, 3.05) is 78.4 Å². The number of rotatable bonds is 38. The molecular formula is C43H75N10O12PS. The Bertz CT molecular complexity index is 1700. The molecule has 67 heavy (non-hydrogen) atoms. The van der Waals surface area contributed by atoms with Crippen LogP contribution in [0.5, 0.6) is 5.75 Å². The largest absolute Gasteiger partial charge is 0.492 e. The lowest BCUT2D eigenvalue weighted by atomic mass is 10.1. The van der Waals surface area contributed by atoms with Crippen LogP contribution >= 0.6 is 19.6 Å². The van der Waals surface area contributed by atoms with Crippen molar-refractivity contribution in [3.63, 3.8) is 0 Å². The van der Waals surface area contributed by atoms with Gasteiger partial charge in [-0.2, -0.15) is 0 Å². The molecule has 2 unspecified atom stereocenters. The molecule has 0 aromatic heterocycles. The summed E-state index contributed by atoms with van der Waals surface area (Å²) in [6, 6.07) is 2.91. The van der Waals surface area contributed by atoms with Gasteiger partial charge in [0, 0.05) is 63.8 Å². The van der Waals surface area contributed by atoms with E-state index in [1.165, 1.54) is 34.9 Å². The van der Waals surface area contributed by atoms with E-state index in [0.29, 0.717) is 63.9 Å².